The van der Waals surface area contributed by atoms with Crippen LogP contribution in [0.3, 0.4) is 0 Å². The summed E-state index contributed by atoms with van der Waals surface area (Å²) in [5.74, 6) is 0.723. The number of rotatable bonds is 5. The molecule has 0 amide bonds. The van der Waals surface area contributed by atoms with E-state index in [0.717, 1.165) is 0 Å². The Bertz CT molecular complexity index is 1420. The van der Waals surface area contributed by atoms with Crippen molar-refractivity contribution in [3.05, 3.63) is 106 Å². The number of fused-ring (bicyclic) bond motifs is 6. The summed E-state index contributed by atoms with van der Waals surface area (Å²) in [5.41, 5.74) is 8.80. The Balaban J connectivity index is 1.58. The molecule has 0 aromatic heterocycles. The predicted octanol–water partition coefficient (Wildman–Crippen LogP) is 8.88. The van der Waals surface area contributed by atoms with E-state index < -0.39 is 0 Å². The molecule has 0 saturated carbocycles. The van der Waals surface area contributed by atoms with Gasteiger partial charge in [-0.2, -0.15) is 0 Å². The minimum Gasteiger partial charge on any atom is -0.336 e. The van der Waals surface area contributed by atoms with Crippen LogP contribution in [0, 0.1) is 0 Å². The van der Waals surface area contributed by atoms with Crippen LogP contribution in [0.1, 0.15) is 75.4 Å². The van der Waals surface area contributed by atoms with Gasteiger partial charge in [-0.05, 0) is 69.7 Å². The molecule has 0 N–H and O–H groups in total. The molecule has 0 aliphatic heterocycles. The zero-order valence-electron chi connectivity index (χ0n) is 22.4. The smallest absolute Gasteiger partial charge is 0.247 e. The molecule has 0 saturated heterocycles. The van der Waals surface area contributed by atoms with Crippen molar-refractivity contribution in [3.63, 3.8) is 0 Å². The van der Waals surface area contributed by atoms with Gasteiger partial charge in [0.1, 0.15) is 0 Å². The second-order valence-corrected chi connectivity index (χ2v) is 11.4. The van der Waals surface area contributed by atoms with Gasteiger partial charge in [0.25, 0.3) is 0 Å². The first-order valence-electron chi connectivity index (χ1n) is 13.5. The number of hydrogen-bond acceptors (Lipinski definition) is 1. The van der Waals surface area contributed by atoms with Crippen LogP contribution in [0.15, 0.2) is 83.9 Å². The largest absolute Gasteiger partial charge is 0.336 e. The van der Waals surface area contributed by atoms with E-state index in [9.17, 15) is 0 Å². The molecule has 2 heteroatoms. The summed E-state index contributed by atoms with van der Waals surface area (Å²) in [4.78, 5) is 2.79. The van der Waals surface area contributed by atoms with E-state index in [0.29, 0.717) is 30.6 Å². The first-order chi connectivity index (χ1) is 17.4. The average molecular weight is 469 g/mol. The zero-order chi connectivity index (χ0) is 25.1. The van der Waals surface area contributed by atoms with Gasteiger partial charge in [0.05, 0.1) is 0 Å². The minimum absolute atomic E-state index is 0.349. The zero-order valence-corrected chi connectivity index (χ0v) is 22.4. The summed E-state index contributed by atoms with van der Waals surface area (Å²) < 4.78 is 0. The first-order valence-corrected chi connectivity index (χ1v) is 13.5. The number of hydrogen-bond donors (Lipinski definition) is 0. The quantitative estimate of drug-likeness (QED) is 0.264. The highest BCUT2D eigenvalue weighted by molar-refractivity contribution is 6.62. The van der Waals surface area contributed by atoms with Crippen LogP contribution in [0.4, 0.5) is 0 Å². The highest BCUT2D eigenvalue weighted by atomic mass is 15.1. The fourth-order valence-electron chi connectivity index (χ4n) is 7.34. The molecular formula is C34H36BN. The van der Waals surface area contributed by atoms with Crippen molar-refractivity contribution in [2.45, 2.75) is 65.3 Å². The van der Waals surface area contributed by atoms with Gasteiger partial charge in [0.15, 0.2) is 0 Å². The summed E-state index contributed by atoms with van der Waals surface area (Å²) in [5, 5.41) is 5.41. The van der Waals surface area contributed by atoms with Gasteiger partial charge in [0, 0.05) is 11.6 Å². The van der Waals surface area contributed by atoms with Gasteiger partial charge in [-0.3, -0.25) is 0 Å². The first kappa shape index (κ1) is 23.3. The summed E-state index contributed by atoms with van der Waals surface area (Å²) in [6.07, 6.45) is 4.95. The lowest BCUT2D eigenvalue weighted by molar-refractivity contribution is 0.295. The number of benzene rings is 4. The molecular weight excluding hydrogens is 433 g/mol. The molecule has 0 spiro atoms. The van der Waals surface area contributed by atoms with Crippen molar-refractivity contribution in [2.75, 3.05) is 0 Å². The predicted molar refractivity (Wildman–Crippen MR) is 159 cm³/mol. The maximum Gasteiger partial charge on any atom is 0.247 e. The Morgan fingerprint density at radius 1 is 0.583 bits per heavy atom. The van der Waals surface area contributed by atoms with Crippen LogP contribution in [0.5, 0.6) is 0 Å². The van der Waals surface area contributed by atoms with Gasteiger partial charge in [-0.15, -0.1) is 0 Å². The topological polar surface area (TPSA) is 3.24 Å². The SMILES string of the molecule is CC1=Cc2c(ccc3ccccc23)C1B(C1C(C)=Cc2c1ccc1ccccc21)N(C(C)C)C(C)C. The normalized spacial score (nSPS) is 18.8. The molecule has 1 nitrogen and oxygen atoms in total. The van der Waals surface area contributed by atoms with Crippen LogP contribution in [0.25, 0.3) is 33.7 Å². The second-order valence-electron chi connectivity index (χ2n) is 11.4. The Labute approximate surface area is 216 Å². The van der Waals surface area contributed by atoms with Crippen molar-refractivity contribution in [1.29, 1.82) is 0 Å². The van der Waals surface area contributed by atoms with Crippen LogP contribution < -0.4 is 0 Å². The number of nitrogens with zero attached hydrogens (tertiary/aromatic N) is 1. The van der Waals surface area contributed by atoms with Crippen molar-refractivity contribution >= 4 is 40.5 Å². The molecule has 0 radical (unpaired) electrons. The van der Waals surface area contributed by atoms with Gasteiger partial charge in [-0.1, -0.05) is 124 Å². The third-order valence-corrected chi connectivity index (χ3v) is 8.62. The van der Waals surface area contributed by atoms with Gasteiger partial charge in [0.2, 0.25) is 6.85 Å². The summed E-state index contributed by atoms with van der Waals surface area (Å²) >= 11 is 0. The van der Waals surface area contributed by atoms with Gasteiger partial charge >= 0.3 is 0 Å². The van der Waals surface area contributed by atoms with E-state index >= 15 is 0 Å². The second kappa shape index (κ2) is 8.78. The van der Waals surface area contributed by atoms with Crippen LogP contribution >= 0.6 is 0 Å². The van der Waals surface area contributed by atoms with E-state index in [-0.39, 0.29) is 0 Å². The van der Waals surface area contributed by atoms with Crippen LogP contribution in [-0.2, 0) is 0 Å². The number of allylic oxidation sites excluding steroid dienone is 2. The van der Waals surface area contributed by atoms with Crippen LogP contribution in [-0.4, -0.2) is 23.7 Å². The molecule has 2 atom stereocenters. The monoisotopic (exact) mass is 469 g/mol. The van der Waals surface area contributed by atoms with Crippen molar-refractivity contribution in [3.8, 4) is 0 Å². The average Bonchev–Trinajstić information content (AvgIpc) is 3.38. The molecule has 2 aliphatic rings. The molecule has 180 valence electrons. The lowest BCUT2D eigenvalue weighted by atomic mass is 9.37. The van der Waals surface area contributed by atoms with Gasteiger partial charge in [-0.25, -0.2) is 0 Å². The van der Waals surface area contributed by atoms with Crippen molar-refractivity contribution < 1.29 is 0 Å². The lowest BCUT2D eigenvalue weighted by Crippen LogP contribution is -2.54. The molecule has 36 heavy (non-hydrogen) atoms. The van der Waals surface area contributed by atoms with E-state index in [4.69, 9.17) is 0 Å². The minimum atomic E-state index is 0.349. The Hall–Kier alpha value is -3.10. The standard InChI is InChI=1S/C34H36BN/c1-21(2)36(22(3)4)35(33-23(5)19-31-27-13-9-7-11-25(27)15-17-29(31)33)34-24(6)20-32-28-14-10-8-12-26(28)16-18-30(32)34/h7-22,33-34H,1-6H3. The van der Waals surface area contributed by atoms with E-state index in [1.54, 1.807) is 0 Å². The van der Waals surface area contributed by atoms with Crippen molar-refractivity contribution in [1.82, 2.24) is 4.81 Å². The third-order valence-electron chi connectivity index (χ3n) is 8.62. The van der Waals surface area contributed by atoms with E-state index in [1.807, 2.05) is 0 Å². The van der Waals surface area contributed by atoms with E-state index in [1.165, 1.54) is 54.9 Å². The molecule has 4 aromatic rings. The highest BCUT2D eigenvalue weighted by Crippen LogP contribution is 2.50. The molecule has 6 rings (SSSR count). The molecule has 0 fully saturated rings. The Kier molecular flexibility index (Phi) is 5.69. The fourth-order valence-corrected chi connectivity index (χ4v) is 7.34. The summed E-state index contributed by atoms with van der Waals surface area (Å²) in [6, 6.07) is 28.1. The Morgan fingerprint density at radius 3 is 1.42 bits per heavy atom. The highest BCUT2D eigenvalue weighted by Gasteiger charge is 2.47. The summed E-state index contributed by atoms with van der Waals surface area (Å²) in [7, 11) is 0. The molecule has 2 unspecified atom stereocenters. The maximum absolute atomic E-state index is 2.79. The van der Waals surface area contributed by atoms with E-state index in [2.05, 4.69) is 131 Å². The molecule has 2 aliphatic carbocycles. The molecule has 0 bridgehead atoms. The van der Waals surface area contributed by atoms with Crippen molar-refractivity contribution in [2.24, 2.45) is 0 Å². The van der Waals surface area contributed by atoms with Crippen LogP contribution in [0.2, 0.25) is 0 Å². The van der Waals surface area contributed by atoms with Gasteiger partial charge < -0.3 is 4.81 Å². The summed E-state index contributed by atoms with van der Waals surface area (Å²) in [6.45, 7) is 14.6. The Morgan fingerprint density at radius 2 is 1.00 bits per heavy atom. The maximum atomic E-state index is 2.79. The molecule has 0 heterocycles. The fraction of sp³-hybridized carbons (Fsp3) is 0.294. The lowest BCUT2D eigenvalue weighted by Gasteiger charge is -2.44. The third kappa shape index (κ3) is 3.50. The molecule has 4 aromatic carbocycles.